The van der Waals surface area contributed by atoms with Crippen LogP contribution in [0, 0.1) is 5.82 Å². The molecule has 1 aromatic carbocycles. The molecule has 112 valence electrons. The van der Waals surface area contributed by atoms with Crippen LogP contribution in [-0.2, 0) is 0 Å². The summed E-state index contributed by atoms with van der Waals surface area (Å²) in [5.41, 5.74) is 0.491. The summed E-state index contributed by atoms with van der Waals surface area (Å²) in [6.07, 6.45) is 5.73. The quantitative estimate of drug-likeness (QED) is 0.944. The lowest BCUT2D eigenvalue weighted by atomic mass is 10.00. The first-order chi connectivity index (χ1) is 10.2. The Hall–Kier alpha value is -1.88. The Bertz CT molecular complexity index is 626. The van der Waals surface area contributed by atoms with Crippen LogP contribution in [0.3, 0.4) is 0 Å². The van der Waals surface area contributed by atoms with Crippen LogP contribution in [0.4, 0.5) is 4.39 Å². The molecule has 1 aromatic heterocycles. The standard InChI is InChI=1S/C16H20FN3O/c1-11-9-12(5-6-18-11)20-8-7-19-16(20)14-10-13(21-2)3-4-15(14)17/h3-4,7-8,10-12,18H,5-6,9H2,1-2H3/t11-,12-/m1/s1. The number of methoxy groups -OCH3 is 1. The van der Waals surface area contributed by atoms with Crippen LogP contribution in [-0.4, -0.2) is 29.2 Å². The molecule has 21 heavy (non-hydrogen) atoms. The van der Waals surface area contributed by atoms with Gasteiger partial charge in [0.05, 0.1) is 12.7 Å². The summed E-state index contributed by atoms with van der Waals surface area (Å²) in [7, 11) is 1.58. The number of benzene rings is 1. The third-order valence-electron chi connectivity index (χ3n) is 4.07. The Balaban J connectivity index is 1.98. The average Bonchev–Trinajstić information content (AvgIpc) is 2.97. The Morgan fingerprint density at radius 2 is 2.29 bits per heavy atom. The number of hydrogen-bond donors (Lipinski definition) is 1. The predicted octanol–water partition coefficient (Wildman–Crippen LogP) is 3.01. The van der Waals surface area contributed by atoms with E-state index in [2.05, 4.69) is 21.8 Å². The van der Waals surface area contributed by atoms with Crippen molar-refractivity contribution in [2.45, 2.75) is 31.8 Å². The first-order valence-corrected chi connectivity index (χ1v) is 7.29. The molecule has 2 atom stereocenters. The molecule has 5 heteroatoms. The van der Waals surface area contributed by atoms with Crippen molar-refractivity contribution in [2.24, 2.45) is 0 Å². The summed E-state index contributed by atoms with van der Waals surface area (Å²) in [6.45, 7) is 3.15. The van der Waals surface area contributed by atoms with Crippen LogP contribution in [0.5, 0.6) is 5.75 Å². The first kappa shape index (κ1) is 14.1. The maximum atomic E-state index is 14.2. The highest BCUT2D eigenvalue weighted by molar-refractivity contribution is 5.59. The van der Waals surface area contributed by atoms with Crippen LogP contribution in [0.25, 0.3) is 11.4 Å². The number of imidazole rings is 1. The zero-order valence-corrected chi connectivity index (χ0v) is 12.3. The number of nitrogens with zero attached hydrogens (tertiary/aromatic N) is 2. The molecule has 1 N–H and O–H groups in total. The van der Waals surface area contributed by atoms with E-state index in [9.17, 15) is 4.39 Å². The van der Waals surface area contributed by atoms with E-state index in [-0.39, 0.29) is 5.82 Å². The van der Waals surface area contributed by atoms with Crippen molar-refractivity contribution in [3.63, 3.8) is 0 Å². The molecule has 1 fully saturated rings. The van der Waals surface area contributed by atoms with Gasteiger partial charge in [0.25, 0.3) is 0 Å². The van der Waals surface area contributed by atoms with Crippen molar-refractivity contribution in [3.8, 4) is 17.1 Å². The van der Waals surface area contributed by atoms with E-state index in [4.69, 9.17) is 4.74 Å². The van der Waals surface area contributed by atoms with Crippen LogP contribution in [0.1, 0.15) is 25.8 Å². The van der Waals surface area contributed by atoms with Gasteiger partial charge in [-0.3, -0.25) is 0 Å². The van der Waals surface area contributed by atoms with Gasteiger partial charge in [-0.05, 0) is 44.5 Å². The number of nitrogens with one attached hydrogen (secondary N) is 1. The van der Waals surface area contributed by atoms with Gasteiger partial charge < -0.3 is 14.6 Å². The topological polar surface area (TPSA) is 39.1 Å². The maximum absolute atomic E-state index is 14.2. The molecule has 0 bridgehead atoms. The van der Waals surface area contributed by atoms with Crippen molar-refractivity contribution < 1.29 is 9.13 Å². The number of ether oxygens (including phenoxy) is 1. The van der Waals surface area contributed by atoms with E-state index >= 15 is 0 Å². The zero-order chi connectivity index (χ0) is 14.8. The monoisotopic (exact) mass is 289 g/mol. The highest BCUT2D eigenvalue weighted by Gasteiger charge is 2.23. The molecule has 2 aromatic rings. The lowest BCUT2D eigenvalue weighted by molar-refractivity contribution is 0.315. The molecule has 0 amide bonds. The van der Waals surface area contributed by atoms with Gasteiger partial charge >= 0.3 is 0 Å². The summed E-state index contributed by atoms with van der Waals surface area (Å²) in [4.78, 5) is 4.37. The molecule has 0 unspecified atom stereocenters. The largest absolute Gasteiger partial charge is 0.497 e. The predicted molar refractivity (Wildman–Crippen MR) is 79.9 cm³/mol. The second-order valence-corrected chi connectivity index (χ2v) is 5.54. The Morgan fingerprint density at radius 3 is 3.05 bits per heavy atom. The number of piperidine rings is 1. The summed E-state index contributed by atoms with van der Waals surface area (Å²) >= 11 is 0. The van der Waals surface area contributed by atoms with Crippen molar-refractivity contribution >= 4 is 0 Å². The van der Waals surface area contributed by atoms with Gasteiger partial charge in [0.15, 0.2) is 0 Å². The SMILES string of the molecule is COc1ccc(F)c(-c2nccn2[C@@H]2CCN[C@H](C)C2)c1. The number of aromatic nitrogens is 2. The minimum Gasteiger partial charge on any atom is -0.497 e. The summed E-state index contributed by atoms with van der Waals surface area (Å²) < 4.78 is 21.5. The molecular formula is C16H20FN3O. The average molecular weight is 289 g/mol. The normalized spacial score (nSPS) is 22.2. The third-order valence-corrected chi connectivity index (χ3v) is 4.07. The molecule has 2 heterocycles. The molecule has 0 radical (unpaired) electrons. The lowest BCUT2D eigenvalue weighted by Crippen LogP contribution is -2.36. The van der Waals surface area contributed by atoms with Crippen molar-refractivity contribution in [3.05, 3.63) is 36.4 Å². The smallest absolute Gasteiger partial charge is 0.143 e. The van der Waals surface area contributed by atoms with E-state index in [0.717, 1.165) is 19.4 Å². The molecule has 0 aliphatic carbocycles. The van der Waals surface area contributed by atoms with Gasteiger partial charge in [-0.2, -0.15) is 0 Å². The lowest BCUT2D eigenvalue weighted by Gasteiger charge is -2.30. The molecule has 3 rings (SSSR count). The summed E-state index contributed by atoms with van der Waals surface area (Å²) in [5, 5.41) is 3.43. The fraction of sp³-hybridized carbons (Fsp3) is 0.438. The Kier molecular flexibility index (Phi) is 3.92. The van der Waals surface area contributed by atoms with E-state index < -0.39 is 0 Å². The van der Waals surface area contributed by atoms with Crippen LogP contribution in [0.15, 0.2) is 30.6 Å². The van der Waals surface area contributed by atoms with Gasteiger partial charge in [0.2, 0.25) is 0 Å². The molecule has 4 nitrogen and oxygen atoms in total. The zero-order valence-electron chi connectivity index (χ0n) is 12.3. The summed E-state index contributed by atoms with van der Waals surface area (Å²) in [5.74, 6) is 1.04. The van der Waals surface area contributed by atoms with Gasteiger partial charge in [0.1, 0.15) is 17.4 Å². The minimum absolute atomic E-state index is 0.273. The third kappa shape index (κ3) is 2.78. The molecule has 1 aliphatic heterocycles. The van der Waals surface area contributed by atoms with Crippen molar-refractivity contribution in [2.75, 3.05) is 13.7 Å². The van der Waals surface area contributed by atoms with E-state index in [0.29, 0.717) is 29.2 Å². The Labute approximate surface area is 124 Å². The maximum Gasteiger partial charge on any atom is 0.143 e. The fourth-order valence-electron chi connectivity index (χ4n) is 2.98. The van der Waals surface area contributed by atoms with Gasteiger partial charge in [0, 0.05) is 24.5 Å². The first-order valence-electron chi connectivity index (χ1n) is 7.29. The second kappa shape index (κ2) is 5.85. The molecule has 1 saturated heterocycles. The van der Waals surface area contributed by atoms with Gasteiger partial charge in [-0.15, -0.1) is 0 Å². The molecule has 0 saturated carbocycles. The summed E-state index contributed by atoms with van der Waals surface area (Å²) in [6, 6.07) is 5.58. The van der Waals surface area contributed by atoms with Crippen molar-refractivity contribution in [1.82, 2.24) is 14.9 Å². The Morgan fingerprint density at radius 1 is 1.43 bits per heavy atom. The highest BCUT2D eigenvalue weighted by atomic mass is 19.1. The molecule has 1 aliphatic rings. The fourth-order valence-corrected chi connectivity index (χ4v) is 2.98. The van der Waals surface area contributed by atoms with Crippen LogP contribution < -0.4 is 10.1 Å². The van der Waals surface area contributed by atoms with Crippen molar-refractivity contribution in [1.29, 1.82) is 0 Å². The highest BCUT2D eigenvalue weighted by Crippen LogP contribution is 2.31. The number of halogens is 1. The number of rotatable bonds is 3. The van der Waals surface area contributed by atoms with Gasteiger partial charge in [-0.25, -0.2) is 9.37 Å². The number of hydrogen-bond acceptors (Lipinski definition) is 3. The van der Waals surface area contributed by atoms with Gasteiger partial charge in [-0.1, -0.05) is 0 Å². The van der Waals surface area contributed by atoms with Crippen LogP contribution in [0.2, 0.25) is 0 Å². The molecular weight excluding hydrogens is 269 g/mol. The molecule has 0 spiro atoms. The van der Waals surface area contributed by atoms with Crippen LogP contribution >= 0.6 is 0 Å². The van der Waals surface area contributed by atoms with E-state index in [1.807, 2.05) is 6.20 Å². The minimum atomic E-state index is -0.273. The van der Waals surface area contributed by atoms with E-state index in [1.54, 1.807) is 25.4 Å². The van der Waals surface area contributed by atoms with E-state index in [1.165, 1.54) is 6.07 Å². The second-order valence-electron chi connectivity index (χ2n) is 5.54.